The summed E-state index contributed by atoms with van der Waals surface area (Å²) in [5.41, 5.74) is 5.78. The van der Waals surface area contributed by atoms with Crippen molar-refractivity contribution in [3.05, 3.63) is 42.0 Å². The van der Waals surface area contributed by atoms with Crippen LogP contribution in [0.1, 0.15) is 12.1 Å². The summed E-state index contributed by atoms with van der Waals surface area (Å²) in [5, 5.41) is 1.26. The molecule has 4 heteroatoms. The van der Waals surface area contributed by atoms with Crippen molar-refractivity contribution >= 4 is 16.7 Å². The van der Waals surface area contributed by atoms with E-state index >= 15 is 0 Å². The number of nitrogens with zero attached hydrogens (tertiary/aromatic N) is 1. The first-order chi connectivity index (χ1) is 7.68. The molecular weight excluding hydrogens is 207 g/mol. The number of aromatic nitrogens is 1. The first kappa shape index (κ1) is 10.5. The second-order valence-electron chi connectivity index (χ2n) is 3.56. The number of carbonyl (C=O) groups excluding carboxylic acids is 1. The molecule has 0 atom stereocenters. The van der Waals surface area contributed by atoms with Gasteiger partial charge in [0.2, 0.25) is 5.91 Å². The fraction of sp³-hybridized carbons (Fsp3) is 0.167. The quantitative estimate of drug-likeness (QED) is 0.853. The number of rotatable bonds is 3. The van der Waals surface area contributed by atoms with E-state index in [9.17, 15) is 9.18 Å². The average Bonchev–Trinajstić information content (AvgIpc) is 2.27. The van der Waals surface area contributed by atoms with Crippen LogP contribution in [0.5, 0.6) is 0 Å². The summed E-state index contributed by atoms with van der Waals surface area (Å²) in [6, 6.07) is 6.45. The molecule has 3 nitrogen and oxygen atoms in total. The number of carbonyl (C=O) groups is 1. The Bertz CT molecular complexity index is 540. The summed E-state index contributed by atoms with van der Waals surface area (Å²) in [6.45, 7) is 0. The highest BCUT2D eigenvalue weighted by Gasteiger charge is 2.06. The minimum absolute atomic E-state index is 0.225. The van der Waals surface area contributed by atoms with E-state index in [1.165, 1.54) is 6.07 Å². The minimum Gasteiger partial charge on any atom is -0.370 e. The summed E-state index contributed by atoms with van der Waals surface area (Å²) in [6.07, 6.45) is 2.21. The monoisotopic (exact) mass is 218 g/mol. The van der Waals surface area contributed by atoms with Gasteiger partial charge in [-0.05, 0) is 18.6 Å². The number of pyridine rings is 1. The largest absolute Gasteiger partial charge is 0.370 e. The molecule has 82 valence electrons. The molecule has 0 bridgehead atoms. The van der Waals surface area contributed by atoms with Gasteiger partial charge in [0.15, 0.2) is 0 Å². The zero-order chi connectivity index (χ0) is 11.5. The fourth-order valence-electron chi connectivity index (χ4n) is 1.67. The number of halogens is 1. The highest BCUT2D eigenvalue weighted by molar-refractivity contribution is 5.85. The van der Waals surface area contributed by atoms with Crippen molar-refractivity contribution in [3.8, 4) is 0 Å². The van der Waals surface area contributed by atoms with Crippen molar-refractivity contribution in [3.63, 3.8) is 0 Å². The van der Waals surface area contributed by atoms with E-state index in [1.54, 1.807) is 24.4 Å². The zero-order valence-corrected chi connectivity index (χ0v) is 8.61. The van der Waals surface area contributed by atoms with E-state index < -0.39 is 0 Å². The minimum atomic E-state index is -0.379. The molecule has 1 aromatic heterocycles. The number of fused-ring (bicyclic) bond motifs is 1. The summed E-state index contributed by atoms with van der Waals surface area (Å²) < 4.78 is 13.4. The maximum absolute atomic E-state index is 13.4. The standard InChI is InChI=1S/C12H11FN2O/c13-10-3-1-2-9-8(10)6-7-15-11(9)4-5-12(14)16/h1-3,6-7H,4-5H2,(H2,14,16). The molecule has 0 saturated carbocycles. The molecule has 0 unspecified atom stereocenters. The Hall–Kier alpha value is -1.97. The van der Waals surface area contributed by atoms with Gasteiger partial charge in [-0.25, -0.2) is 4.39 Å². The summed E-state index contributed by atoms with van der Waals surface area (Å²) in [4.78, 5) is 14.8. The first-order valence-electron chi connectivity index (χ1n) is 4.99. The van der Waals surface area contributed by atoms with Crippen molar-refractivity contribution in [2.24, 2.45) is 5.73 Å². The topological polar surface area (TPSA) is 56.0 Å². The molecule has 2 rings (SSSR count). The molecule has 0 aliphatic rings. The lowest BCUT2D eigenvalue weighted by Crippen LogP contribution is -2.11. The molecule has 0 aliphatic carbocycles. The van der Waals surface area contributed by atoms with Gasteiger partial charge in [0.25, 0.3) is 0 Å². The number of primary amides is 1. The Balaban J connectivity index is 2.45. The van der Waals surface area contributed by atoms with E-state index in [4.69, 9.17) is 5.73 Å². The lowest BCUT2D eigenvalue weighted by molar-refractivity contribution is -0.117. The van der Waals surface area contributed by atoms with Crippen molar-refractivity contribution in [2.45, 2.75) is 12.8 Å². The second-order valence-corrected chi connectivity index (χ2v) is 3.56. The molecular formula is C12H11FN2O. The third-order valence-corrected chi connectivity index (χ3v) is 2.44. The van der Waals surface area contributed by atoms with Crippen molar-refractivity contribution in [1.82, 2.24) is 4.98 Å². The van der Waals surface area contributed by atoms with Crippen LogP contribution in [0, 0.1) is 5.82 Å². The Labute approximate surface area is 92.1 Å². The number of amides is 1. The van der Waals surface area contributed by atoms with Crippen LogP contribution in [0.15, 0.2) is 30.5 Å². The SMILES string of the molecule is NC(=O)CCc1nccc2c(F)cccc12. The van der Waals surface area contributed by atoms with Gasteiger partial charge in [0, 0.05) is 29.1 Å². The zero-order valence-electron chi connectivity index (χ0n) is 8.61. The molecule has 1 amide bonds. The van der Waals surface area contributed by atoms with Crippen LogP contribution in [-0.4, -0.2) is 10.9 Å². The molecule has 2 aromatic rings. The molecule has 16 heavy (non-hydrogen) atoms. The summed E-state index contributed by atoms with van der Waals surface area (Å²) >= 11 is 0. The predicted molar refractivity (Wildman–Crippen MR) is 59.2 cm³/mol. The van der Waals surface area contributed by atoms with Gasteiger partial charge in [-0.15, -0.1) is 0 Å². The van der Waals surface area contributed by atoms with Crippen molar-refractivity contribution in [2.75, 3.05) is 0 Å². The van der Waals surface area contributed by atoms with Crippen LogP contribution in [0.4, 0.5) is 4.39 Å². The molecule has 1 aromatic carbocycles. The Morgan fingerprint density at radius 3 is 2.88 bits per heavy atom. The Kier molecular flexibility index (Phi) is 2.81. The first-order valence-corrected chi connectivity index (χ1v) is 4.99. The second kappa shape index (κ2) is 4.26. The number of aryl methyl sites for hydroxylation is 1. The smallest absolute Gasteiger partial charge is 0.217 e. The molecule has 1 heterocycles. The fourth-order valence-corrected chi connectivity index (χ4v) is 1.67. The van der Waals surface area contributed by atoms with E-state index in [0.29, 0.717) is 17.5 Å². The van der Waals surface area contributed by atoms with Crippen LogP contribution < -0.4 is 5.73 Å². The molecule has 0 saturated heterocycles. The number of nitrogens with two attached hydrogens (primary N) is 1. The summed E-state index contributed by atoms with van der Waals surface area (Å²) in [7, 11) is 0. The highest BCUT2D eigenvalue weighted by atomic mass is 19.1. The van der Waals surface area contributed by atoms with Crippen LogP contribution >= 0.6 is 0 Å². The van der Waals surface area contributed by atoms with Gasteiger partial charge < -0.3 is 5.73 Å². The van der Waals surface area contributed by atoms with E-state index in [0.717, 1.165) is 5.39 Å². The van der Waals surface area contributed by atoms with Crippen molar-refractivity contribution in [1.29, 1.82) is 0 Å². The van der Waals surface area contributed by atoms with Crippen molar-refractivity contribution < 1.29 is 9.18 Å². The predicted octanol–water partition coefficient (Wildman–Crippen LogP) is 1.79. The van der Waals surface area contributed by atoms with E-state index in [-0.39, 0.29) is 18.1 Å². The van der Waals surface area contributed by atoms with Gasteiger partial charge in [0.05, 0.1) is 0 Å². The molecule has 0 aliphatic heterocycles. The summed E-state index contributed by atoms with van der Waals surface area (Å²) in [5.74, 6) is -0.657. The molecule has 0 radical (unpaired) electrons. The molecule has 2 N–H and O–H groups in total. The van der Waals surface area contributed by atoms with E-state index in [2.05, 4.69) is 4.98 Å². The average molecular weight is 218 g/mol. The van der Waals surface area contributed by atoms with Gasteiger partial charge in [-0.2, -0.15) is 0 Å². The third kappa shape index (κ3) is 2.00. The lowest BCUT2D eigenvalue weighted by atomic mass is 10.1. The Morgan fingerprint density at radius 2 is 2.12 bits per heavy atom. The van der Waals surface area contributed by atoms with Gasteiger partial charge >= 0.3 is 0 Å². The molecule has 0 spiro atoms. The maximum atomic E-state index is 13.4. The van der Waals surface area contributed by atoms with Gasteiger partial charge in [-0.3, -0.25) is 9.78 Å². The van der Waals surface area contributed by atoms with Gasteiger partial charge in [0.1, 0.15) is 5.82 Å². The Morgan fingerprint density at radius 1 is 1.31 bits per heavy atom. The van der Waals surface area contributed by atoms with Crippen LogP contribution in [0.25, 0.3) is 10.8 Å². The number of benzene rings is 1. The van der Waals surface area contributed by atoms with E-state index in [1.807, 2.05) is 0 Å². The van der Waals surface area contributed by atoms with Gasteiger partial charge in [-0.1, -0.05) is 12.1 Å². The lowest BCUT2D eigenvalue weighted by Gasteiger charge is -2.04. The normalized spacial score (nSPS) is 10.6. The van der Waals surface area contributed by atoms with Crippen LogP contribution in [0.2, 0.25) is 0 Å². The molecule has 0 fully saturated rings. The maximum Gasteiger partial charge on any atom is 0.217 e. The number of hydrogen-bond donors (Lipinski definition) is 1. The van der Waals surface area contributed by atoms with Crippen LogP contribution in [-0.2, 0) is 11.2 Å². The number of hydrogen-bond acceptors (Lipinski definition) is 2. The van der Waals surface area contributed by atoms with Crippen LogP contribution in [0.3, 0.4) is 0 Å². The highest BCUT2D eigenvalue weighted by Crippen LogP contribution is 2.20. The third-order valence-electron chi connectivity index (χ3n) is 2.44.